The van der Waals surface area contributed by atoms with Crippen molar-refractivity contribution in [3.05, 3.63) is 30.1 Å². The van der Waals surface area contributed by atoms with E-state index in [-0.39, 0.29) is 36.3 Å². The molecule has 4 bridgehead atoms. The van der Waals surface area contributed by atoms with Crippen LogP contribution in [0.3, 0.4) is 0 Å². The second-order valence-electron chi connectivity index (χ2n) is 8.38. The fraction of sp³-hybridized carbons (Fsp3) is 0.600. The third kappa shape index (κ3) is 3.84. The van der Waals surface area contributed by atoms with Crippen LogP contribution < -0.4 is 16.0 Å². The van der Waals surface area contributed by atoms with Gasteiger partial charge in [0.2, 0.25) is 5.91 Å². The van der Waals surface area contributed by atoms with E-state index in [0.29, 0.717) is 5.69 Å². The number of halogens is 1. The largest absolute Gasteiger partial charge is 0.338 e. The molecule has 4 saturated carbocycles. The molecule has 3 N–H and O–H groups in total. The molecular formula is C20H26FN3O2. The third-order valence-corrected chi connectivity index (χ3v) is 6.18. The molecule has 5 rings (SSSR count). The highest BCUT2D eigenvalue weighted by Gasteiger charge is 2.51. The Morgan fingerprint density at radius 3 is 2.15 bits per heavy atom. The Labute approximate surface area is 153 Å². The van der Waals surface area contributed by atoms with E-state index < -0.39 is 0 Å². The summed E-state index contributed by atoms with van der Waals surface area (Å²) < 4.78 is 12.9. The molecule has 4 aliphatic rings. The maximum absolute atomic E-state index is 12.9. The first kappa shape index (κ1) is 17.3. The first-order valence-corrected chi connectivity index (χ1v) is 9.61. The van der Waals surface area contributed by atoms with Crippen molar-refractivity contribution in [2.45, 2.75) is 50.5 Å². The smallest absolute Gasteiger partial charge is 0.315 e. The van der Waals surface area contributed by atoms with Crippen molar-refractivity contribution in [1.82, 2.24) is 10.6 Å². The van der Waals surface area contributed by atoms with E-state index in [0.717, 1.165) is 37.0 Å². The number of carbonyl (C=O) groups excluding carboxylic acids is 2. The molecular weight excluding hydrogens is 333 g/mol. The highest BCUT2D eigenvalue weighted by Crippen LogP contribution is 2.55. The molecule has 4 aliphatic carbocycles. The van der Waals surface area contributed by atoms with Crippen molar-refractivity contribution >= 4 is 17.6 Å². The second-order valence-corrected chi connectivity index (χ2v) is 8.38. The number of urea groups is 1. The third-order valence-electron chi connectivity index (χ3n) is 6.18. The van der Waals surface area contributed by atoms with E-state index >= 15 is 0 Å². The first-order valence-electron chi connectivity index (χ1n) is 9.61. The van der Waals surface area contributed by atoms with Crippen LogP contribution in [0.15, 0.2) is 24.3 Å². The van der Waals surface area contributed by atoms with Gasteiger partial charge in [0.15, 0.2) is 0 Å². The van der Waals surface area contributed by atoms with Crippen molar-refractivity contribution in [2.75, 3.05) is 11.9 Å². The monoisotopic (exact) mass is 359 g/mol. The fourth-order valence-electron chi connectivity index (χ4n) is 5.60. The van der Waals surface area contributed by atoms with Crippen LogP contribution in [0.2, 0.25) is 0 Å². The number of benzene rings is 1. The number of nitrogens with one attached hydrogen (secondary N) is 3. The number of hydrogen-bond acceptors (Lipinski definition) is 2. The molecule has 0 aromatic heterocycles. The Bertz CT molecular complexity index is 654. The molecule has 1 aromatic carbocycles. The van der Waals surface area contributed by atoms with Crippen molar-refractivity contribution in [3.8, 4) is 0 Å². The van der Waals surface area contributed by atoms with Gasteiger partial charge in [0.05, 0.1) is 0 Å². The predicted octanol–water partition coefficient (Wildman–Crippen LogP) is 3.42. The zero-order chi connectivity index (χ0) is 18.1. The van der Waals surface area contributed by atoms with Crippen LogP contribution in [0, 0.1) is 23.6 Å². The van der Waals surface area contributed by atoms with Crippen LogP contribution in [0.1, 0.15) is 44.9 Å². The van der Waals surface area contributed by atoms with Gasteiger partial charge in [-0.3, -0.25) is 4.79 Å². The lowest BCUT2D eigenvalue weighted by Crippen LogP contribution is -2.61. The molecule has 3 amide bonds. The fourth-order valence-corrected chi connectivity index (χ4v) is 5.60. The zero-order valence-electron chi connectivity index (χ0n) is 14.9. The summed E-state index contributed by atoms with van der Waals surface area (Å²) in [5.74, 6) is 1.80. The topological polar surface area (TPSA) is 70.2 Å². The second kappa shape index (κ2) is 6.89. The highest BCUT2D eigenvalue weighted by molar-refractivity contribution is 5.91. The quantitative estimate of drug-likeness (QED) is 0.754. The van der Waals surface area contributed by atoms with Gasteiger partial charge in [0.25, 0.3) is 0 Å². The SMILES string of the molecule is O=C(CCNC(=O)NC12CC3CC(CC(C3)C1)C2)Nc1ccc(F)cc1. The van der Waals surface area contributed by atoms with E-state index in [1.165, 1.54) is 43.5 Å². The van der Waals surface area contributed by atoms with Gasteiger partial charge < -0.3 is 16.0 Å². The van der Waals surface area contributed by atoms with Crippen LogP contribution in [0.4, 0.5) is 14.9 Å². The van der Waals surface area contributed by atoms with Crippen LogP contribution in [0.25, 0.3) is 0 Å². The Kier molecular flexibility index (Phi) is 4.59. The molecule has 140 valence electrons. The van der Waals surface area contributed by atoms with Gasteiger partial charge in [-0.25, -0.2) is 9.18 Å². The molecule has 0 saturated heterocycles. The maximum atomic E-state index is 12.9. The number of anilines is 1. The Morgan fingerprint density at radius 1 is 1.00 bits per heavy atom. The Balaban J connectivity index is 1.21. The average Bonchev–Trinajstić information content (AvgIpc) is 2.55. The molecule has 6 heteroatoms. The molecule has 0 spiro atoms. The molecule has 1 aromatic rings. The van der Waals surface area contributed by atoms with E-state index in [9.17, 15) is 14.0 Å². The Morgan fingerprint density at radius 2 is 1.58 bits per heavy atom. The minimum atomic E-state index is -0.342. The average molecular weight is 359 g/mol. The van der Waals surface area contributed by atoms with Crippen molar-refractivity contribution < 1.29 is 14.0 Å². The van der Waals surface area contributed by atoms with Gasteiger partial charge in [-0.05, 0) is 80.5 Å². The predicted molar refractivity (Wildman–Crippen MR) is 97.1 cm³/mol. The van der Waals surface area contributed by atoms with Gasteiger partial charge in [-0.1, -0.05) is 0 Å². The van der Waals surface area contributed by atoms with Crippen molar-refractivity contribution in [2.24, 2.45) is 17.8 Å². The summed E-state index contributed by atoms with van der Waals surface area (Å²) in [6.45, 7) is 0.283. The van der Waals surface area contributed by atoms with Gasteiger partial charge >= 0.3 is 6.03 Å². The number of amides is 3. The van der Waals surface area contributed by atoms with E-state index in [1.807, 2.05) is 0 Å². The lowest BCUT2D eigenvalue weighted by atomic mass is 9.53. The summed E-state index contributed by atoms with van der Waals surface area (Å²) in [6.07, 6.45) is 7.53. The summed E-state index contributed by atoms with van der Waals surface area (Å²) in [5.41, 5.74) is 0.532. The highest BCUT2D eigenvalue weighted by atomic mass is 19.1. The zero-order valence-corrected chi connectivity index (χ0v) is 14.9. The normalized spacial score (nSPS) is 31.5. The lowest BCUT2D eigenvalue weighted by molar-refractivity contribution is -0.116. The van der Waals surface area contributed by atoms with E-state index in [1.54, 1.807) is 0 Å². The molecule has 0 aliphatic heterocycles. The standard InChI is InChI=1S/C20H26FN3O2/c21-16-1-3-17(4-2-16)23-18(25)5-6-22-19(26)24-20-10-13-7-14(11-20)9-15(8-13)12-20/h1-4,13-15H,5-12H2,(H,23,25)(H2,22,24,26). The Hall–Kier alpha value is -2.11. The summed E-state index contributed by atoms with van der Waals surface area (Å²) in [6, 6.07) is 5.46. The van der Waals surface area contributed by atoms with Crippen LogP contribution in [0.5, 0.6) is 0 Å². The molecule has 26 heavy (non-hydrogen) atoms. The molecule has 0 radical (unpaired) electrons. The van der Waals surface area contributed by atoms with Crippen molar-refractivity contribution in [1.29, 1.82) is 0 Å². The summed E-state index contributed by atoms with van der Waals surface area (Å²) in [5, 5.41) is 8.74. The van der Waals surface area contributed by atoms with Crippen molar-refractivity contribution in [3.63, 3.8) is 0 Å². The number of rotatable bonds is 5. The molecule has 0 unspecified atom stereocenters. The first-order chi connectivity index (χ1) is 12.5. The van der Waals surface area contributed by atoms with Crippen LogP contribution in [-0.2, 0) is 4.79 Å². The van der Waals surface area contributed by atoms with Gasteiger partial charge in [0.1, 0.15) is 5.82 Å². The summed E-state index contributed by atoms with van der Waals surface area (Å²) in [4.78, 5) is 24.2. The molecule has 4 fully saturated rings. The summed E-state index contributed by atoms with van der Waals surface area (Å²) in [7, 11) is 0. The maximum Gasteiger partial charge on any atom is 0.315 e. The number of carbonyl (C=O) groups is 2. The van der Waals surface area contributed by atoms with Gasteiger partial charge in [-0.15, -0.1) is 0 Å². The molecule has 0 atom stereocenters. The van der Waals surface area contributed by atoms with Gasteiger partial charge in [0, 0.05) is 24.2 Å². The molecule has 5 nitrogen and oxygen atoms in total. The molecule has 0 heterocycles. The lowest BCUT2D eigenvalue weighted by Gasteiger charge is -2.56. The van der Waals surface area contributed by atoms with Crippen LogP contribution in [-0.4, -0.2) is 24.0 Å². The minimum Gasteiger partial charge on any atom is -0.338 e. The summed E-state index contributed by atoms with van der Waals surface area (Å²) >= 11 is 0. The van der Waals surface area contributed by atoms with E-state index in [4.69, 9.17) is 0 Å². The van der Waals surface area contributed by atoms with Gasteiger partial charge in [-0.2, -0.15) is 0 Å². The minimum absolute atomic E-state index is 0.0186. The number of hydrogen-bond donors (Lipinski definition) is 3. The van der Waals surface area contributed by atoms with Crippen LogP contribution >= 0.6 is 0 Å². The van der Waals surface area contributed by atoms with E-state index in [2.05, 4.69) is 16.0 Å².